The average molecular weight is 244 g/mol. The molecule has 0 unspecified atom stereocenters. The molecular weight excluding hydrogens is 237 g/mol. The summed E-state index contributed by atoms with van der Waals surface area (Å²) in [4.78, 5) is 4.04. The van der Waals surface area contributed by atoms with Crippen molar-refractivity contribution in [3.05, 3.63) is 43.0 Å². The fraction of sp³-hybridized carbons (Fsp3) is 0.100. The largest absolute Gasteiger partial charge is 0.446 e. The summed E-state index contributed by atoms with van der Waals surface area (Å²) in [6.07, 6.45) is 4.93. The molecule has 0 saturated carbocycles. The maximum atomic E-state index is 12.1. The van der Waals surface area contributed by atoms with E-state index in [0.717, 1.165) is 5.69 Å². The van der Waals surface area contributed by atoms with Crippen molar-refractivity contribution in [1.29, 1.82) is 0 Å². The van der Waals surface area contributed by atoms with Crippen LogP contribution in [0.25, 0.3) is 5.69 Å². The third kappa shape index (κ3) is 2.79. The highest BCUT2D eigenvalue weighted by molar-refractivity contribution is 8.00. The van der Waals surface area contributed by atoms with Crippen molar-refractivity contribution in [3.8, 4) is 5.69 Å². The molecule has 1 heterocycles. The first-order valence-corrected chi connectivity index (χ1v) is 5.20. The number of imidazole rings is 1. The first-order valence-electron chi connectivity index (χ1n) is 4.39. The van der Waals surface area contributed by atoms with Gasteiger partial charge in [-0.25, -0.2) is 4.98 Å². The van der Waals surface area contributed by atoms with Crippen molar-refractivity contribution < 1.29 is 13.2 Å². The van der Waals surface area contributed by atoms with Crippen LogP contribution in [0.15, 0.2) is 47.9 Å². The molecule has 0 atom stereocenters. The molecule has 0 fully saturated rings. The minimum atomic E-state index is -4.24. The van der Waals surface area contributed by atoms with E-state index in [1.54, 1.807) is 35.4 Å². The minimum Gasteiger partial charge on any atom is -0.306 e. The third-order valence-corrected chi connectivity index (χ3v) is 2.61. The molecule has 1 aromatic heterocycles. The van der Waals surface area contributed by atoms with Crippen LogP contribution in [0.2, 0.25) is 0 Å². The van der Waals surface area contributed by atoms with E-state index in [9.17, 15) is 13.2 Å². The summed E-state index contributed by atoms with van der Waals surface area (Å²) in [5.74, 6) is 0. The van der Waals surface area contributed by atoms with Crippen molar-refractivity contribution >= 4 is 11.8 Å². The Morgan fingerprint density at radius 2 is 1.81 bits per heavy atom. The maximum Gasteiger partial charge on any atom is 0.446 e. The summed E-state index contributed by atoms with van der Waals surface area (Å²) >= 11 is -0.118. The van der Waals surface area contributed by atoms with E-state index in [0.29, 0.717) is 0 Å². The van der Waals surface area contributed by atoms with Crippen LogP contribution in [0.4, 0.5) is 13.2 Å². The zero-order valence-corrected chi connectivity index (χ0v) is 8.79. The lowest BCUT2D eigenvalue weighted by Gasteiger charge is -2.06. The molecule has 2 rings (SSSR count). The second-order valence-electron chi connectivity index (χ2n) is 3.01. The molecule has 0 N–H and O–H groups in total. The fourth-order valence-corrected chi connectivity index (χ4v) is 1.77. The van der Waals surface area contributed by atoms with Crippen LogP contribution in [0.5, 0.6) is 0 Å². The van der Waals surface area contributed by atoms with E-state index in [1.165, 1.54) is 12.1 Å². The summed E-state index contributed by atoms with van der Waals surface area (Å²) < 4.78 is 37.9. The van der Waals surface area contributed by atoms with E-state index in [2.05, 4.69) is 4.98 Å². The van der Waals surface area contributed by atoms with Gasteiger partial charge in [-0.1, -0.05) is 0 Å². The lowest BCUT2D eigenvalue weighted by atomic mass is 10.3. The van der Waals surface area contributed by atoms with Gasteiger partial charge in [-0.05, 0) is 36.0 Å². The van der Waals surface area contributed by atoms with Crippen LogP contribution in [0.1, 0.15) is 0 Å². The van der Waals surface area contributed by atoms with Crippen LogP contribution in [0.3, 0.4) is 0 Å². The molecule has 2 aromatic rings. The molecule has 0 amide bonds. The zero-order chi connectivity index (χ0) is 11.6. The van der Waals surface area contributed by atoms with E-state index < -0.39 is 5.51 Å². The molecule has 0 aliphatic rings. The number of hydrogen-bond donors (Lipinski definition) is 0. The van der Waals surface area contributed by atoms with Gasteiger partial charge >= 0.3 is 5.51 Å². The Hall–Kier alpha value is -1.43. The van der Waals surface area contributed by atoms with Crippen molar-refractivity contribution in [1.82, 2.24) is 9.55 Å². The molecule has 6 heteroatoms. The highest BCUT2D eigenvalue weighted by atomic mass is 32.2. The van der Waals surface area contributed by atoms with Gasteiger partial charge in [0, 0.05) is 23.0 Å². The number of nitrogens with zero attached hydrogens (tertiary/aromatic N) is 2. The van der Waals surface area contributed by atoms with Crippen LogP contribution < -0.4 is 0 Å². The second-order valence-corrected chi connectivity index (χ2v) is 4.15. The smallest absolute Gasteiger partial charge is 0.306 e. The lowest BCUT2D eigenvalue weighted by molar-refractivity contribution is -0.0328. The summed E-state index contributed by atoms with van der Waals surface area (Å²) in [5, 5.41) is 0. The molecule has 0 bridgehead atoms. The van der Waals surface area contributed by atoms with Crippen molar-refractivity contribution in [2.24, 2.45) is 0 Å². The predicted molar refractivity (Wildman–Crippen MR) is 55.5 cm³/mol. The van der Waals surface area contributed by atoms with E-state index in [4.69, 9.17) is 0 Å². The van der Waals surface area contributed by atoms with Gasteiger partial charge in [-0.2, -0.15) is 13.2 Å². The number of hydrogen-bond acceptors (Lipinski definition) is 2. The van der Waals surface area contributed by atoms with Gasteiger partial charge in [-0.3, -0.25) is 0 Å². The summed E-state index contributed by atoms with van der Waals surface area (Å²) in [7, 11) is 0. The standard InChI is InChI=1S/C10H7F3N2S/c11-10(12,13)16-9-3-1-8(2-4-9)15-6-5-14-7-15/h1-7H. The fourth-order valence-electron chi connectivity index (χ4n) is 1.23. The van der Waals surface area contributed by atoms with Gasteiger partial charge in [0.15, 0.2) is 0 Å². The van der Waals surface area contributed by atoms with Crippen LogP contribution in [-0.4, -0.2) is 15.1 Å². The monoisotopic (exact) mass is 244 g/mol. The maximum absolute atomic E-state index is 12.1. The van der Waals surface area contributed by atoms with Crippen molar-refractivity contribution in [2.75, 3.05) is 0 Å². The molecule has 0 saturated heterocycles. The van der Waals surface area contributed by atoms with Crippen LogP contribution in [-0.2, 0) is 0 Å². The Morgan fingerprint density at radius 1 is 1.12 bits per heavy atom. The molecule has 0 radical (unpaired) electrons. The van der Waals surface area contributed by atoms with Crippen LogP contribution in [0, 0.1) is 0 Å². The summed E-state index contributed by atoms with van der Waals surface area (Å²) in [6.45, 7) is 0. The van der Waals surface area contributed by atoms with E-state index in [-0.39, 0.29) is 16.7 Å². The molecule has 84 valence electrons. The van der Waals surface area contributed by atoms with E-state index >= 15 is 0 Å². The van der Waals surface area contributed by atoms with Gasteiger partial charge in [-0.15, -0.1) is 0 Å². The number of rotatable bonds is 2. The molecular formula is C10H7F3N2S. The highest BCUT2D eigenvalue weighted by Gasteiger charge is 2.28. The zero-order valence-electron chi connectivity index (χ0n) is 7.98. The Morgan fingerprint density at radius 3 is 2.31 bits per heavy atom. The molecule has 0 spiro atoms. The van der Waals surface area contributed by atoms with Gasteiger partial charge in [0.05, 0.1) is 6.33 Å². The molecule has 0 aliphatic carbocycles. The Labute approximate surface area is 94.1 Å². The quantitative estimate of drug-likeness (QED) is 0.752. The van der Waals surface area contributed by atoms with Crippen molar-refractivity contribution in [2.45, 2.75) is 10.4 Å². The first-order chi connectivity index (χ1) is 7.54. The number of halogens is 3. The number of thioether (sulfide) groups is 1. The van der Waals surface area contributed by atoms with Gasteiger partial charge < -0.3 is 4.57 Å². The normalized spacial score (nSPS) is 11.7. The Bertz CT molecular complexity index is 448. The van der Waals surface area contributed by atoms with Gasteiger partial charge in [0.1, 0.15) is 0 Å². The minimum absolute atomic E-state index is 0.118. The topological polar surface area (TPSA) is 17.8 Å². The summed E-state index contributed by atoms with van der Waals surface area (Å²) in [5.41, 5.74) is -3.46. The Kier molecular flexibility index (Phi) is 2.91. The number of benzene rings is 1. The molecule has 1 aromatic carbocycles. The SMILES string of the molecule is FC(F)(F)Sc1ccc(-n2ccnc2)cc1. The predicted octanol–water partition coefficient (Wildman–Crippen LogP) is 3.48. The third-order valence-electron chi connectivity index (χ3n) is 1.87. The summed E-state index contributed by atoms with van der Waals surface area (Å²) in [6, 6.07) is 6.12. The van der Waals surface area contributed by atoms with Gasteiger partial charge in [0.25, 0.3) is 0 Å². The van der Waals surface area contributed by atoms with E-state index in [1.807, 2.05) is 0 Å². The number of aromatic nitrogens is 2. The molecule has 2 nitrogen and oxygen atoms in total. The van der Waals surface area contributed by atoms with Crippen LogP contribution >= 0.6 is 11.8 Å². The lowest BCUT2D eigenvalue weighted by Crippen LogP contribution is -1.99. The second kappa shape index (κ2) is 4.21. The number of alkyl halides is 3. The van der Waals surface area contributed by atoms with Crippen molar-refractivity contribution in [3.63, 3.8) is 0 Å². The molecule has 0 aliphatic heterocycles. The highest BCUT2D eigenvalue weighted by Crippen LogP contribution is 2.36. The van der Waals surface area contributed by atoms with Gasteiger partial charge in [0.2, 0.25) is 0 Å². The molecule has 16 heavy (non-hydrogen) atoms. The Balaban J connectivity index is 2.17. The first kappa shape index (κ1) is 11.1. The average Bonchev–Trinajstić information content (AvgIpc) is 2.69.